The Morgan fingerprint density at radius 2 is 1.85 bits per heavy atom. The summed E-state index contributed by atoms with van der Waals surface area (Å²) in [5.74, 6) is 0.271. The van der Waals surface area contributed by atoms with Crippen molar-refractivity contribution >= 4 is 5.82 Å². The molecule has 0 amide bonds. The quantitative estimate of drug-likeness (QED) is 0.900. The molecule has 0 bridgehead atoms. The largest absolute Gasteiger partial charge is 0.383 e. The summed E-state index contributed by atoms with van der Waals surface area (Å²) in [7, 11) is 0. The highest BCUT2D eigenvalue weighted by Crippen LogP contribution is 2.28. The minimum absolute atomic E-state index is 0.139. The smallest absolute Gasteiger partial charge is 0.126 e. The normalized spacial score (nSPS) is 13.2. The topological polar surface area (TPSA) is 64.9 Å². The second-order valence-corrected chi connectivity index (χ2v) is 5.59. The molecule has 0 spiro atoms. The fourth-order valence-electron chi connectivity index (χ4n) is 2.21. The third kappa shape index (κ3) is 2.96. The van der Waals surface area contributed by atoms with E-state index in [1.165, 1.54) is 12.1 Å². The standard InChI is InChI=1S/C16H20FN3/c1-16(2,12-5-7-13(17)8-6-12)14(18)10-11-4-3-9-20-15(11)19/h3-9,14H,10,18H2,1-2H3,(H2,19,20). The van der Waals surface area contributed by atoms with Gasteiger partial charge in [0.2, 0.25) is 0 Å². The molecule has 1 heterocycles. The highest BCUT2D eigenvalue weighted by molar-refractivity contribution is 5.40. The third-order valence-electron chi connectivity index (χ3n) is 3.88. The zero-order valence-electron chi connectivity index (χ0n) is 11.8. The first-order chi connectivity index (χ1) is 9.41. The molecule has 0 saturated heterocycles. The van der Waals surface area contributed by atoms with Crippen molar-refractivity contribution in [2.24, 2.45) is 5.73 Å². The Labute approximate surface area is 118 Å². The lowest BCUT2D eigenvalue weighted by Crippen LogP contribution is -2.42. The maximum atomic E-state index is 13.0. The van der Waals surface area contributed by atoms with E-state index in [-0.39, 0.29) is 17.3 Å². The van der Waals surface area contributed by atoms with E-state index in [1.807, 2.05) is 12.1 Å². The van der Waals surface area contributed by atoms with E-state index in [9.17, 15) is 4.39 Å². The Hall–Kier alpha value is -1.94. The van der Waals surface area contributed by atoms with Crippen LogP contribution in [0.2, 0.25) is 0 Å². The molecule has 1 unspecified atom stereocenters. The van der Waals surface area contributed by atoms with E-state index in [1.54, 1.807) is 18.3 Å². The van der Waals surface area contributed by atoms with Crippen LogP contribution in [-0.2, 0) is 11.8 Å². The maximum absolute atomic E-state index is 13.0. The number of benzene rings is 1. The number of nitrogens with zero attached hydrogens (tertiary/aromatic N) is 1. The number of nitrogen functional groups attached to an aromatic ring is 1. The van der Waals surface area contributed by atoms with Crippen LogP contribution >= 0.6 is 0 Å². The summed E-state index contributed by atoms with van der Waals surface area (Å²) in [5, 5.41) is 0. The van der Waals surface area contributed by atoms with Gasteiger partial charge in [0.1, 0.15) is 11.6 Å². The average molecular weight is 273 g/mol. The lowest BCUT2D eigenvalue weighted by atomic mass is 9.76. The van der Waals surface area contributed by atoms with Gasteiger partial charge < -0.3 is 11.5 Å². The van der Waals surface area contributed by atoms with Crippen molar-refractivity contribution in [1.29, 1.82) is 0 Å². The van der Waals surface area contributed by atoms with Crippen molar-refractivity contribution < 1.29 is 4.39 Å². The van der Waals surface area contributed by atoms with Gasteiger partial charge in [-0.05, 0) is 35.7 Å². The third-order valence-corrected chi connectivity index (χ3v) is 3.88. The highest BCUT2D eigenvalue weighted by atomic mass is 19.1. The van der Waals surface area contributed by atoms with Gasteiger partial charge in [0.25, 0.3) is 0 Å². The Balaban J connectivity index is 2.21. The van der Waals surface area contributed by atoms with Crippen molar-refractivity contribution in [3.05, 3.63) is 59.5 Å². The van der Waals surface area contributed by atoms with Crippen LogP contribution in [0.15, 0.2) is 42.6 Å². The zero-order valence-corrected chi connectivity index (χ0v) is 11.8. The number of halogens is 1. The Morgan fingerprint density at radius 1 is 1.20 bits per heavy atom. The number of nitrogens with two attached hydrogens (primary N) is 2. The molecule has 3 nitrogen and oxygen atoms in total. The predicted molar refractivity (Wildman–Crippen MR) is 79.8 cm³/mol. The summed E-state index contributed by atoms with van der Waals surface area (Å²) in [6.45, 7) is 4.11. The van der Waals surface area contributed by atoms with Crippen LogP contribution in [-0.4, -0.2) is 11.0 Å². The second-order valence-electron chi connectivity index (χ2n) is 5.59. The van der Waals surface area contributed by atoms with Crippen LogP contribution in [0.1, 0.15) is 25.0 Å². The summed E-state index contributed by atoms with van der Waals surface area (Å²) in [4.78, 5) is 4.07. The average Bonchev–Trinajstić information content (AvgIpc) is 2.41. The molecule has 0 aliphatic carbocycles. The molecular weight excluding hydrogens is 253 g/mol. The molecule has 2 aromatic rings. The molecule has 0 radical (unpaired) electrons. The predicted octanol–water partition coefficient (Wildman–Crippen LogP) is 2.65. The van der Waals surface area contributed by atoms with Crippen molar-refractivity contribution in [2.75, 3.05) is 5.73 Å². The van der Waals surface area contributed by atoms with Gasteiger partial charge in [-0.3, -0.25) is 0 Å². The van der Waals surface area contributed by atoms with E-state index in [0.29, 0.717) is 12.2 Å². The molecule has 2 rings (SSSR count). The lowest BCUT2D eigenvalue weighted by Gasteiger charge is -2.32. The maximum Gasteiger partial charge on any atom is 0.126 e. The minimum atomic E-state index is -0.282. The zero-order chi connectivity index (χ0) is 14.8. The minimum Gasteiger partial charge on any atom is -0.383 e. The molecule has 4 N–H and O–H groups in total. The van der Waals surface area contributed by atoms with Crippen LogP contribution in [0.4, 0.5) is 10.2 Å². The molecule has 0 aliphatic heterocycles. The van der Waals surface area contributed by atoms with Gasteiger partial charge in [0.05, 0.1) is 0 Å². The summed E-state index contributed by atoms with van der Waals surface area (Å²) < 4.78 is 13.0. The molecule has 1 aromatic carbocycles. The molecule has 0 saturated carbocycles. The number of aromatic nitrogens is 1. The molecular formula is C16H20FN3. The van der Waals surface area contributed by atoms with Gasteiger partial charge in [-0.25, -0.2) is 9.37 Å². The second kappa shape index (κ2) is 5.59. The van der Waals surface area contributed by atoms with Crippen molar-refractivity contribution in [1.82, 2.24) is 4.98 Å². The number of rotatable bonds is 4. The summed E-state index contributed by atoms with van der Waals surface area (Å²) in [6, 6.07) is 10.1. The van der Waals surface area contributed by atoms with Crippen molar-refractivity contribution in [3.63, 3.8) is 0 Å². The summed E-state index contributed by atoms with van der Waals surface area (Å²) in [6.07, 6.45) is 2.29. The van der Waals surface area contributed by atoms with Crippen LogP contribution < -0.4 is 11.5 Å². The molecule has 0 fully saturated rings. The molecule has 1 atom stereocenters. The van der Waals surface area contributed by atoms with E-state index in [0.717, 1.165) is 11.1 Å². The van der Waals surface area contributed by atoms with E-state index >= 15 is 0 Å². The van der Waals surface area contributed by atoms with Crippen LogP contribution in [0.3, 0.4) is 0 Å². The number of anilines is 1. The fraction of sp³-hybridized carbons (Fsp3) is 0.312. The molecule has 1 aromatic heterocycles. The number of hydrogen-bond acceptors (Lipinski definition) is 3. The van der Waals surface area contributed by atoms with Crippen LogP contribution in [0.25, 0.3) is 0 Å². The van der Waals surface area contributed by atoms with E-state index in [4.69, 9.17) is 11.5 Å². The van der Waals surface area contributed by atoms with Gasteiger partial charge in [-0.15, -0.1) is 0 Å². The van der Waals surface area contributed by atoms with Crippen LogP contribution in [0.5, 0.6) is 0 Å². The van der Waals surface area contributed by atoms with Gasteiger partial charge in [0.15, 0.2) is 0 Å². The molecule has 4 heteroatoms. The first-order valence-corrected chi connectivity index (χ1v) is 6.62. The Morgan fingerprint density at radius 3 is 2.45 bits per heavy atom. The number of pyridine rings is 1. The van der Waals surface area contributed by atoms with E-state index in [2.05, 4.69) is 18.8 Å². The Bertz CT molecular complexity index is 579. The van der Waals surface area contributed by atoms with Gasteiger partial charge in [-0.1, -0.05) is 32.0 Å². The SMILES string of the molecule is CC(C)(c1ccc(F)cc1)C(N)Cc1cccnc1N. The molecule has 0 aliphatic rings. The van der Waals surface area contributed by atoms with Gasteiger partial charge in [-0.2, -0.15) is 0 Å². The monoisotopic (exact) mass is 273 g/mol. The first kappa shape index (κ1) is 14.5. The lowest BCUT2D eigenvalue weighted by molar-refractivity contribution is 0.406. The van der Waals surface area contributed by atoms with E-state index < -0.39 is 0 Å². The Kier molecular flexibility index (Phi) is 4.04. The summed E-state index contributed by atoms with van der Waals surface area (Å²) >= 11 is 0. The fourth-order valence-corrected chi connectivity index (χ4v) is 2.21. The molecule has 106 valence electrons. The van der Waals surface area contributed by atoms with Crippen molar-refractivity contribution in [3.8, 4) is 0 Å². The first-order valence-electron chi connectivity index (χ1n) is 6.62. The molecule has 20 heavy (non-hydrogen) atoms. The van der Waals surface area contributed by atoms with Crippen molar-refractivity contribution in [2.45, 2.75) is 31.7 Å². The van der Waals surface area contributed by atoms with Gasteiger partial charge in [0, 0.05) is 17.7 Å². The highest BCUT2D eigenvalue weighted by Gasteiger charge is 2.29. The van der Waals surface area contributed by atoms with Crippen LogP contribution in [0, 0.1) is 5.82 Å². The van der Waals surface area contributed by atoms with Gasteiger partial charge >= 0.3 is 0 Å². The summed E-state index contributed by atoms with van der Waals surface area (Å²) in [5.41, 5.74) is 13.9. The number of hydrogen-bond donors (Lipinski definition) is 2.